The Hall–Kier alpha value is -2.17. The molecule has 1 saturated heterocycles. The van der Waals surface area contributed by atoms with Gasteiger partial charge in [-0.2, -0.15) is 0 Å². The lowest BCUT2D eigenvalue weighted by molar-refractivity contribution is -0.121. The van der Waals surface area contributed by atoms with Crippen molar-refractivity contribution in [2.75, 3.05) is 26.2 Å². The van der Waals surface area contributed by atoms with Gasteiger partial charge in [-0.1, -0.05) is 60.7 Å². The van der Waals surface area contributed by atoms with Gasteiger partial charge < -0.3 is 10.1 Å². The zero-order chi connectivity index (χ0) is 19.8. The van der Waals surface area contributed by atoms with E-state index in [2.05, 4.69) is 48.3 Å². The first kappa shape index (κ1) is 20.6. The highest BCUT2D eigenvalue weighted by atomic mass is 16.5. The zero-order valence-corrected chi connectivity index (χ0v) is 17.0. The van der Waals surface area contributed by atoms with Crippen LogP contribution < -0.4 is 5.32 Å². The average Bonchev–Trinajstić information content (AvgIpc) is 2.70. The third-order valence-electron chi connectivity index (χ3n) is 5.26. The summed E-state index contributed by atoms with van der Waals surface area (Å²) in [7, 11) is 0. The van der Waals surface area contributed by atoms with E-state index in [9.17, 15) is 4.79 Å². The normalized spacial score (nSPS) is 20.2. The number of ether oxygens (including phenoxy) is 1. The number of nitrogens with zero attached hydrogens (tertiary/aromatic N) is 1. The molecule has 1 N–H and O–H groups in total. The number of hydrogen-bond acceptors (Lipinski definition) is 3. The van der Waals surface area contributed by atoms with Crippen molar-refractivity contribution < 1.29 is 9.53 Å². The smallest absolute Gasteiger partial charge is 0.220 e. The van der Waals surface area contributed by atoms with Crippen LogP contribution in [0.15, 0.2) is 60.7 Å². The van der Waals surface area contributed by atoms with Gasteiger partial charge in [-0.3, -0.25) is 9.69 Å². The minimum atomic E-state index is 0.0864. The van der Waals surface area contributed by atoms with E-state index >= 15 is 0 Å². The molecule has 0 bridgehead atoms. The summed E-state index contributed by atoms with van der Waals surface area (Å²) in [6.45, 7) is 7.91. The molecule has 1 fully saturated rings. The Morgan fingerprint density at radius 3 is 2.07 bits per heavy atom. The number of hydrogen-bond donors (Lipinski definition) is 1. The molecule has 0 spiro atoms. The quantitative estimate of drug-likeness (QED) is 0.708. The minimum Gasteiger partial charge on any atom is -0.373 e. The molecule has 150 valence electrons. The molecule has 28 heavy (non-hydrogen) atoms. The fraction of sp³-hybridized carbons (Fsp3) is 0.458. The third kappa shape index (κ3) is 6.18. The topological polar surface area (TPSA) is 41.6 Å². The molecule has 3 rings (SSSR count). The van der Waals surface area contributed by atoms with Gasteiger partial charge in [0.15, 0.2) is 0 Å². The second kappa shape index (κ2) is 10.4. The molecule has 1 amide bonds. The maximum atomic E-state index is 12.6. The van der Waals surface area contributed by atoms with Crippen LogP contribution in [-0.2, 0) is 9.53 Å². The Kier molecular flexibility index (Phi) is 7.63. The van der Waals surface area contributed by atoms with Crippen molar-refractivity contribution in [1.29, 1.82) is 0 Å². The van der Waals surface area contributed by atoms with E-state index in [1.807, 2.05) is 36.4 Å². The first-order valence-electron chi connectivity index (χ1n) is 10.4. The van der Waals surface area contributed by atoms with E-state index in [0.717, 1.165) is 32.6 Å². The van der Waals surface area contributed by atoms with E-state index in [4.69, 9.17) is 4.74 Å². The van der Waals surface area contributed by atoms with E-state index in [1.54, 1.807) is 0 Å². The molecule has 0 aromatic heterocycles. The zero-order valence-electron chi connectivity index (χ0n) is 17.0. The van der Waals surface area contributed by atoms with Crippen molar-refractivity contribution in [3.8, 4) is 0 Å². The van der Waals surface area contributed by atoms with Gasteiger partial charge in [0.25, 0.3) is 0 Å². The summed E-state index contributed by atoms with van der Waals surface area (Å²) in [6, 6.07) is 20.6. The van der Waals surface area contributed by atoms with Crippen LogP contribution in [0.5, 0.6) is 0 Å². The molecular weight excluding hydrogens is 348 g/mol. The number of amides is 1. The van der Waals surface area contributed by atoms with Crippen LogP contribution in [0.2, 0.25) is 0 Å². The van der Waals surface area contributed by atoms with Gasteiger partial charge in [0.2, 0.25) is 5.91 Å². The molecular formula is C24H32N2O2. The van der Waals surface area contributed by atoms with Crippen LogP contribution in [0, 0.1) is 0 Å². The largest absolute Gasteiger partial charge is 0.373 e. The molecule has 2 aromatic carbocycles. The van der Waals surface area contributed by atoms with E-state index in [-0.39, 0.29) is 24.0 Å². The first-order chi connectivity index (χ1) is 13.6. The highest BCUT2D eigenvalue weighted by Crippen LogP contribution is 2.27. The van der Waals surface area contributed by atoms with E-state index < -0.39 is 0 Å². The maximum absolute atomic E-state index is 12.6. The summed E-state index contributed by atoms with van der Waals surface area (Å²) in [6.07, 6.45) is 2.01. The van der Waals surface area contributed by atoms with Crippen molar-refractivity contribution in [3.05, 3.63) is 71.8 Å². The van der Waals surface area contributed by atoms with Crippen LogP contribution in [0.25, 0.3) is 0 Å². The Balaban J connectivity index is 1.49. The molecule has 0 aliphatic carbocycles. The Morgan fingerprint density at radius 2 is 1.54 bits per heavy atom. The first-order valence-corrected chi connectivity index (χ1v) is 10.4. The van der Waals surface area contributed by atoms with Crippen LogP contribution in [0.4, 0.5) is 0 Å². The lowest BCUT2D eigenvalue weighted by Crippen LogP contribution is -2.46. The van der Waals surface area contributed by atoms with Gasteiger partial charge >= 0.3 is 0 Å². The number of rotatable bonds is 8. The molecule has 0 radical (unpaired) electrons. The molecule has 2 atom stereocenters. The number of morpholine rings is 1. The number of carbonyl (C=O) groups is 1. The van der Waals surface area contributed by atoms with Crippen LogP contribution in [0.3, 0.4) is 0 Å². The van der Waals surface area contributed by atoms with Gasteiger partial charge in [0.1, 0.15) is 0 Å². The molecule has 2 aromatic rings. The van der Waals surface area contributed by atoms with Crippen molar-refractivity contribution in [2.24, 2.45) is 0 Å². The Morgan fingerprint density at radius 1 is 1.00 bits per heavy atom. The molecule has 0 saturated carbocycles. The predicted octanol–water partition coefficient (Wildman–Crippen LogP) is 3.82. The van der Waals surface area contributed by atoms with Crippen molar-refractivity contribution >= 4 is 5.91 Å². The Labute approximate surface area is 168 Å². The van der Waals surface area contributed by atoms with Crippen molar-refractivity contribution in [1.82, 2.24) is 10.2 Å². The van der Waals surface area contributed by atoms with Gasteiger partial charge in [0, 0.05) is 38.5 Å². The third-order valence-corrected chi connectivity index (χ3v) is 5.26. The summed E-state index contributed by atoms with van der Waals surface area (Å²) in [5, 5.41) is 3.12. The van der Waals surface area contributed by atoms with Gasteiger partial charge in [-0.15, -0.1) is 0 Å². The molecule has 1 aliphatic rings. The second-order valence-electron chi connectivity index (χ2n) is 7.80. The van der Waals surface area contributed by atoms with Gasteiger partial charge in [-0.05, 0) is 31.4 Å². The SMILES string of the molecule is CC1CN(CCCNC(=O)CC(c2ccccc2)c2ccccc2)CC(C)O1. The molecule has 1 heterocycles. The fourth-order valence-electron chi connectivity index (χ4n) is 4.05. The van der Waals surface area contributed by atoms with Crippen LogP contribution in [0.1, 0.15) is 43.7 Å². The monoisotopic (exact) mass is 380 g/mol. The van der Waals surface area contributed by atoms with Gasteiger partial charge in [-0.25, -0.2) is 0 Å². The summed E-state index contributed by atoms with van der Waals surface area (Å²) >= 11 is 0. The highest BCUT2D eigenvalue weighted by molar-refractivity contribution is 5.77. The van der Waals surface area contributed by atoms with Crippen LogP contribution >= 0.6 is 0 Å². The minimum absolute atomic E-state index is 0.0864. The number of benzene rings is 2. The highest BCUT2D eigenvalue weighted by Gasteiger charge is 2.22. The molecule has 4 nitrogen and oxygen atoms in total. The molecule has 1 aliphatic heterocycles. The molecule has 4 heteroatoms. The van der Waals surface area contributed by atoms with Gasteiger partial charge in [0.05, 0.1) is 12.2 Å². The summed E-state index contributed by atoms with van der Waals surface area (Å²) < 4.78 is 5.78. The standard InChI is InChI=1S/C24H32N2O2/c1-19-17-26(18-20(2)28-19)15-9-14-25-24(27)16-23(21-10-5-3-6-11-21)22-12-7-4-8-13-22/h3-8,10-13,19-20,23H,9,14-18H2,1-2H3,(H,25,27). The fourth-order valence-corrected chi connectivity index (χ4v) is 4.05. The number of nitrogens with one attached hydrogen (secondary N) is 1. The lowest BCUT2D eigenvalue weighted by atomic mass is 9.88. The predicted molar refractivity (Wildman–Crippen MR) is 113 cm³/mol. The second-order valence-corrected chi connectivity index (χ2v) is 7.80. The summed E-state index contributed by atoms with van der Waals surface area (Å²) in [5.74, 6) is 0.199. The van der Waals surface area contributed by atoms with Crippen molar-refractivity contribution in [3.63, 3.8) is 0 Å². The lowest BCUT2D eigenvalue weighted by Gasteiger charge is -2.35. The molecule has 2 unspecified atom stereocenters. The summed E-state index contributed by atoms with van der Waals surface area (Å²) in [5.41, 5.74) is 2.36. The average molecular weight is 381 g/mol. The maximum Gasteiger partial charge on any atom is 0.220 e. The van der Waals surface area contributed by atoms with Crippen molar-refractivity contribution in [2.45, 2.75) is 44.8 Å². The number of carbonyl (C=O) groups excluding carboxylic acids is 1. The van der Waals surface area contributed by atoms with Crippen LogP contribution in [-0.4, -0.2) is 49.2 Å². The summed E-state index contributed by atoms with van der Waals surface area (Å²) in [4.78, 5) is 15.0. The van der Waals surface area contributed by atoms with E-state index in [1.165, 1.54) is 11.1 Å². The Bertz CT molecular complexity index is 670. The van der Waals surface area contributed by atoms with E-state index in [0.29, 0.717) is 6.42 Å².